The highest BCUT2D eigenvalue weighted by Crippen LogP contribution is 2.52. The lowest BCUT2D eigenvalue weighted by atomic mass is 9.90. The van der Waals surface area contributed by atoms with E-state index in [0.717, 1.165) is 18.4 Å². The van der Waals surface area contributed by atoms with Gasteiger partial charge in [0.05, 0.1) is 17.0 Å². The summed E-state index contributed by atoms with van der Waals surface area (Å²) in [4.78, 5) is 80.1. The molecule has 346 valence electrons. The van der Waals surface area contributed by atoms with Crippen molar-refractivity contribution in [3.05, 3.63) is 94.3 Å². The minimum Gasteiger partial charge on any atom is -0.492 e. The van der Waals surface area contributed by atoms with E-state index in [9.17, 15) is 24.0 Å². The molecule has 0 unspecified atom stereocenters. The summed E-state index contributed by atoms with van der Waals surface area (Å²) < 4.78 is 12.2. The van der Waals surface area contributed by atoms with Crippen LogP contribution in [0.2, 0.25) is 0 Å². The number of hydrogen-bond acceptors (Lipinski definition) is 12. The number of aryl methyl sites for hydroxylation is 2. The highest BCUT2D eigenvalue weighted by atomic mass is 16.5. The van der Waals surface area contributed by atoms with Gasteiger partial charge in [-0.1, -0.05) is 49.7 Å². The van der Waals surface area contributed by atoms with Gasteiger partial charge in [-0.15, -0.1) is 0 Å². The molecular weight excluding hydrogens is 829 g/mol. The van der Waals surface area contributed by atoms with Crippen molar-refractivity contribution >= 4 is 29.5 Å². The minimum absolute atomic E-state index is 0.0157. The summed E-state index contributed by atoms with van der Waals surface area (Å²) >= 11 is 0. The third-order valence-electron chi connectivity index (χ3n) is 12.1. The normalized spacial score (nSPS) is 18.3. The Morgan fingerprint density at radius 1 is 0.862 bits per heavy atom. The van der Waals surface area contributed by atoms with Gasteiger partial charge in [0.25, 0.3) is 5.91 Å². The zero-order valence-corrected chi connectivity index (χ0v) is 37.9. The van der Waals surface area contributed by atoms with Crippen molar-refractivity contribution < 1.29 is 33.4 Å². The Morgan fingerprint density at radius 2 is 1.48 bits per heavy atom. The number of carbonyl (C=O) groups excluding carboxylic acids is 5. The van der Waals surface area contributed by atoms with E-state index < -0.39 is 53.7 Å². The summed E-state index contributed by atoms with van der Waals surface area (Å²) in [6, 6.07) is 13.7. The van der Waals surface area contributed by atoms with Crippen LogP contribution in [0.5, 0.6) is 11.5 Å². The molecule has 4 atom stereocenters. The average molecular weight is 891 g/mol. The van der Waals surface area contributed by atoms with Crippen molar-refractivity contribution in [2.75, 3.05) is 39.9 Å². The number of nitrogens with one attached hydrogen (secondary N) is 3. The standard InChI is InChI=1S/C48H62N10O7/c1-6-16-48(17-18-48)33-11-8-31(9-12-33)43-53-27(2)40(28(3)54-43)45(61)56-36(15-19-49)47(63)58(5)41-32-10-14-39(65-23-21-51)35(26-32)34-24-30(7-13-38(34)64-22-20-50)25-37(42(52)59)57-44(60)29(4)55-46(41)62/h7-14,24,26,29,36-37,41H,6,15-23,25,49-51H2,1-5H3,(H2,52,59)(H,55,62)(H,56,61)(H,57,60)/t29-,36-,37-,41-/m0/s1. The maximum absolute atomic E-state index is 14.7. The van der Waals surface area contributed by atoms with Gasteiger partial charge in [-0.2, -0.15) is 0 Å². The lowest BCUT2D eigenvalue weighted by molar-refractivity contribution is -0.141. The molecule has 17 nitrogen and oxygen atoms in total. The van der Waals surface area contributed by atoms with Crippen molar-refractivity contribution in [1.29, 1.82) is 0 Å². The number of nitrogens with two attached hydrogens (primary N) is 4. The van der Waals surface area contributed by atoms with Crippen LogP contribution >= 0.6 is 0 Å². The highest BCUT2D eigenvalue weighted by molar-refractivity contribution is 6.00. The van der Waals surface area contributed by atoms with Crippen LogP contribution in [0.1, 0.15) is 90.4 Å². The third kappa shape index (κ3) is 10.9. The molecule has 1 aromatic heterocycles. The first-order chi connectivity index (χ1) is 31.1. The Labute approximate surface area is 379 Å². The molecule has 65 heavy (non-hydrogen) atoms. The number of carbonyl (C=O) groups is 5. The molecular formula is C48H62N10O7. The number of nitrogens with zero attached hydrogens (tertiary/aromatic N) is 3. The van der Waals surface area contributed by atoms with E-state index in [0.29, 0.717) is 51.0 Å². The van der Waals surface area contributed by atoms with Crippen molar-refractivity contribution in [3.8, 4) is 34.0 Å². The number of aromatic nitrogens is 2. The van der Waals surface area contributed by atoms with Gasteiger partial charge in [0.2, 0.25) is 23.6 Å². The van der Waals surface area contributed by atoms with Gasteiger partial charge < -0.3 is 53.3 Å². The molecule has 4 bridgehead atoms. The fourth-order valence-corrected chi connectivity index (χ4v) is 8.58. The average Bonchev–Trinajstić information content (AvgIpc) is 4.07. The maximum atomic E-state index is 14.7. The van der Waals surface area contributed by atoms with Crippen molar-refractivity contribution in [3.63, 3.8) is 0 Å². The Hall–Kier alpha value is -6.43. The lowest BCUT2D eigenvalue weighted by Gasteiger charge is -2.32. The molecule has 0 saturated heterocycles. The summed E-state index contributed by atoms with van der Waals surface area (Å²) in [7, 11) is 1.43. The molecule has 11 N–H and O–H groups in total. The summed E-state index contributed by atoms with van der Waals surface area (Å²) in [5.41, 5.74) is 28.9. The SMILES string of the molecule is CCCC1(c2ccc(-c3nc(C)c(C(=O)N[C@@H](CCN)C(=O)N(C)[C@@H]4C(=O)N[C@@H](C)C(=O)N[C@H](C(N)=O)Cc5ccc(OCCN)c(c5)-c5cc4ccc5OCCN)c(C)n3)cc2)CC1. The minimum atomic E-state index is -1.38. The number of primary amides is 1. The second-order valence-corrected chi connectivity index (χ2v) is 16.9. The molecule has 1 aliphatic carbocycles. The van der Waals surface area contributed by atoms with Gasteiger partial charge in [-0.25, -0.2) is 9.97 Å². The van der Waals surface area contributed by atoms with Crippen LogP contribution in [-0.2, 0) is 31.0 Å². The Balaban J connectivity index is 1.36. The molecule has 17 heteroatoms. The van der Waals surface area contributed by atoms with Crippen LogP contribution in [0.25, 0.3) is 22.5 Å². The predicted molar refractivity (Wildman–Crippen MR) is 247 cm³/mol. The number of amides is 5. The molecule has 4 aromatic rings. The highest BCUT2D eigenvalue weighted by Gasteiger charge is 2.43. The summed E-state index contributed by atoms with van der Waals surface area (Å²) in [5, 5.41) is 8.21. The van der Waals surface area contributed by atoms with E-state index in [1.807, 2.05) is 12.1 Å². The number of rotatable bonds is 17. The van der Waals surface area contributed by atoms with E-state index in [-0.39, 0.29) is 56.7 Å². The molecule has 1 saturated carbocycles. The quantitative estimate of drug-likeness (QED) is 0.0807. The molecule has 1 fully saturated rings. The lowest BCUT2D eigenvalue weighted by Crippen LogP contribution is -2.55. The molecule has 2 aliphatic rings. The van der Waals surface area contributed by atoms with Gasteiger partial charge in [0.1, 0.15) is 48.9 Å². The van der Waals surface area contributed by atoms with E-state index in [2.05, 4.69) is 35.0 Å². The van der Waals surface area contributed by atoms with Gasteiger partial charge in [0.15, 0.2) is 5.82 Å². The third-order valence-corrected chi connectivity index (χ3v) is 12.1. The van der Waals surface area contributed by atoms with Gasteiger partial charge in [-0.05, 0) is 99.4 Å². The first-order valence-electron chi connectivity index (χ1n) is 22.2. The molecule has 2 heterocycles. The second-order valence-electron chi connectivity index (χ2n) is 16.9. The van der Waals surface area contributed by atoms with E-state index >= 15 is 0 Å². The second kappa shape index (κ2) is 21.0. The number of benzene rings is 3. The molecule has 0 spiro atoms. The number of hydrogen-bond donors (Lipinski definition) is 7. The van der Waals surface area contributed by atoms with Crippen LogP contribution < -0.4 is 48.4 Å². The maximum Gasteiger partial charge on any atom is 0.255 e. The summed E-state index contributed by atoms with van der Waals surface area (Å²) in [6.45, 7) is 7.85. The monoisotopic (exact) mass is 890 g/mol. The van der Waals surface area contributed by atoms with Crippen molar-refractivity contribution in [1.82, 2.24) is 30.8 Å². The fourth-order valence-electron chi connectivity index (χ4n) is 8.58. The topological polar surface area (TPSA) is 273 Å². The Morgan fingerprint density at radius 3 is 2.05 bits per heavy atom. The van der Waals surface area contributed by atoms with Crippen LogP contribution in [-0.4, -0.2) is 102 Å². The molecule has 5 amide bonds. The number of ether oxygens (including phenoxy) is 2. The van der Waals surface area contributed by atoms with Crippen molar-refractivity contribution in [2.24, 2.45) is 22.9 Å². The largest absolute Gasteiger partial charge is 0.492 e. The number of likely N-dealkylation sites (N-methyl/N-ethyl adjacent to an activating group) is 1. The van der Waals surface area contributed by atoms with Crippen LogP contribution in [0, 0.1) is 13.8 Å². The number of fused-ring (bicyclic) bond motifs is 5. The predicted octanol–water partition coefficient (Wildman–Crippen LogP) is 2.61. The fraction of sp³-hybridized carbons (Fsp3) is 0.438. The first-order valence-corrected chi connectivity index (χ1v) is 22.2. The van der Waals surface area contributed by atoms with Crippen molar-refractivity contribution in [2.45, 2.75) is 95.8 Å². The van der Waals surface area contributed by atoms with E-state index in [1.54, 1.807) is 50.2 Å². The van der Waals surface area contributed by atoms with Gasteiger partial charge in [-0.3, -0.25) is 24.0 Å². The Bertz CT molecular complexity index is 2380. The molecule has 6 rings (SSSR count). The summed E-state index contributed by atoms with van der Waals surface area (Å²) in [5.74, 6) is -2.13. The van der Waals surface area contributed by atoms with Gasteiger partial charge >= 0.3 is 0 Å². The van der Waals surface area contributed by atoms with E-state index in [1.165, 1.54) is 37.3 Å². The zero-order chi connectivity index (χ0) is 47.0. The van der Waals surface area contributed by atoms with Crippen LogP contribution in [0.4, 0.5) is 0 Å². The smallest absolute Gasteiger partial charge is 0.255 e. The van der Waals surface area contributed by atoms with E-state index in [4.69, 9.17) is 42.4 Å². The van der Waals surface area contributed by atoms with Crippen LogP contribution in [0.15, 0.2) is 60.7 Å². The Kier molecular flexibility index (Phi) is 15.6. The molecule has 3 aromatic carbocycles. The van der Waals surface area contributed by atoms with Gasteiger partial charge in [0, 0.05) is 43.2 Å². The van der Waals surface area contributed by atoms with Crippen LogP contribution in [0.3, 0.4) is 0 Å². The molecule has 0 radical (unpaired) electrons. The summed E-state index contributed by atoms with van der Waals surface area (Å²) in [6.07, 6.45) is 4.71. The first kappa shape index (κ1) is 48.0. The zero-order valence-electron chi connectivity index (χ0n) is 37.9. The molecule has 1 aliphatic heterocycles.